The molecule has 6 rings (SSSR count). The minimum Gasteiger partial charge on any atom is -0.461 e. The van der Waals surface area contributed by atoms with Crippen molar-refractivity contribution in [3.8, 4) is 0 Å². The number of benzene rings is 2. The Balaban J connectivity index is 1.04. The van der Waals surface area contributed by atoms with Crippen LogP contribution in [0.3, 0.4) is 0 Å². The average Bonchev–Trinajstić information content (AvgIpc) is 3.57. The van der Waals surface area contributed by atoms with Crippen LogP contribution < -0.4 is 5.32 Å². The number of ether oxygens (including phenoxy) is 1. The van der Waals surface area contributed by atoms with Crippen LogP contribution in [-0.4, -0.2) is 58.9 Å². The van der Waals surface area contributed by atoms with Crippen LogP contribution in [0.2, 0.25) is 0 Å². The van der Waals surface area contributed by atoms with Crippen LogP contribution in [-0.2, 0) is 41.4 Å². The van der Waals surface area contributed by atoms with Gasteiger partial charge in [-0.05, 0) is 129 Å². The molecule has 2 aromatic carbocycles. The molecule has 0 heterocycles. The van der Waals surface area contributed by atoms with Gasteiger partial charge in [0.1, 0.15) is 12.4 Å². The maximum absolute atomic E-state index is 14.6. The monoisotopic (exact) mass is 805 g/mol. The largest absolute Gasteiger partial charge is 0.461 e. The molecule has 57 heavy (non-hydrogen) atoms. The van der Waals surface area contributed by atoms with E-state index in [1.807, 2.05) is 60.7 Å². The summed E-state index contributed by atoms with van der Waals surface area (Å²) in [6, 6.07) is 18.7. The summed E-state index contributed by atoms with van der Waals surface area (Å²) in [5.41, 5.74) is 1.72. The number of esters is 1. The lowest BCUT2D eigenvalue weighted by atomic mass is 9.43. The van der Waals surface area contributed by atoms with Crippen molar-refractivity contribution >= 4 is 25.0 Å². The molecule has 0 aromatic heterocycles. The number of carbonyl (C=O) groups is 3. The summed E-state index contributed by atoms with van der Waals surface area (Å²) in [4.78, 5) is 38.7. The van der Waals surface area contributed by atoms with Crippen molar-refractivity contribution in [2.24, 2.45) is 52.3 Å². The van der Waals surface area contributed by atoms with E-state index in [1.165, 1.54) is 19.8 Å². The minimum absolute atomic E-state index is 0.0132. The number of nitrogens with one attached hydrogen (secondary N) is 1. The molecule has 0 aliphatic heterocycles. The molecule has 4 aliphatic rings. The first-order valence-corrected chi connectivity index (χ1v) is 23.8. The van der Waals surface area contributed by atoms with Crippen molar-refractivity contribution in [3.63, 3.8) is 0 Å². The third kappa shape index (κ3) is 10.3. The Kier molecular flexibility index (Phi) is 14.6. The molecule has 0 saturated heterocycles. The lowest BCUT2D eigenvalue weighted by Gasteiger charge is -2.62. The number of ketones is 1. The van der Waals surface area contributed by atoms with E-state index >= 15 is 0 Å². The Morgan fingerprint density at radius 2 is 1.54 bits per heavy atom. The highest BCUT2D eigenvalue weighted by molar-refractivity contribution is 7.59. The molecule has 3 N–H and O–H groups in total. The van der Waals surface area contributed by atoms with Gasteiger partial charge in [0.15, 0.2) is 0 Å². The van der Waals surface area contributed by atoms with Crippen molar-refractivity contribution in [1.82, 2.24) is 5.32 Å². The number of carbonyl (C=O) groups excluding carboxylic acids is 3. The maximum atomic E-state index is 14.6. The summed E-state index contributed by atoms with van der Waals surface area (Å²) >= 11 is 0. The summed E-state index contributed by atoms with van der Waals surface area (Å²) in [6.07, 6.45) is 8.77. The van der Waals surface area contributed by atoms with Gasteiger partial charge in [-0.2, -0.15) is 0 Å². The van der Waals surface area contributed by atoms with Gasteiger partial charge in [0, 0.05) is 31.7 Å². The molecule has 4 fully saturated rings. The number of hydrogen-bond donors (Lipinski definition) is 3. The fourth-order valence-electron chi connectivity index (χ4n) is 12.0. The molecule has 10 heteroatoms. The van der Waals surface area contributed by atoms with E-state index in [0.29, 0.717) is 42.1 Å². The van der Waals surface area contributed by atoms with Crippen LogP contribution in [0.15, 0.2) is 60.7 Å². The Morgan fingerprint density at radius 3 is 2.23 bits per heavy atom. The van der Waals surface area contributed by atoms with Crippen LogP contribution in [0, 0.1) is 52.3 Å². The number of Topliss-reactive ketones (excluding diaryl/α,β-unsaturated/α-hetero) is 1. The first-order valence-electron chi connectivity index (χ1n) is 21.8. The Hall–Kier alpha value is -2.84. The first kappa shape index (κ1) is 43.7. The van der Waals surface area contributed by atoms with Gasteiger partial charge in [-0.3, -0.25) is 14.2 Å². The number of rotatable bonds is 18. The van der Waals surface area contributed by atoms with Gasteiger partial charge in [-0.25, -0.2) is 0 Å². The van der Waals surface area contributed by atoms with Gasteiger partial charge >= 0.3 is 5.97 Å². The molecule has 2 aromatic rings. The standard InChI is InChI=1S/C47H68NO8P/c1-32(40-19-20-41-39-18-17-37-27-38(50)21-24-46(37,3)42(39)28-43(51)47(40,41)4)22-25-48-44(52)23-26-57(54,56-30-35-13-9-6-10-14-35)31-36(16-15-33(2)49)45(53)55-29-34-11-7-5-8-12-34/h5-14,32,36-43,50-51H,15-31H2,1-4H3,(H,48,52)/t32-,36?,37-,38-,39?,40-,41?,42?,43+,46+,47-,57?/m1/s1. The summed E-state index contributed by atoms with van der Waals surface area (Å²) < 4.78 is 26.3. The zero-order valence-corrected chi connectivity index (χ0v) is 35.7. The first-order chi connectivity index (χ1) is 27.2. The number of amides is 1. The maximum Gasteiger partial charge on any atom is 0.309 e. The highest BCUT2D eigenvalue weighted by atomic mass is 31.2. The van der Waals surface area contributed by atoms with E-state index in [0.717, 1.165) is 56.1 Å². The predicted molar refractivity (Wildman–Crippen MR) is 222 cm³/mol. The second-order valence-corrected chi connectivity index (χ2v) is 21.5. The molecule has 4 saturated carbocycles. The molecular weight excluding hydrogens is 737 g/mol. The van der Waals surface area contributed by atoms with Crippen LogP contribution in [0.25, 0.3) is 0 Å². The van der Waals surface area contributed by atoms with Gasteiger partial charge in [-0.15, -0.1) is 0 Å². The summed E-state index contributed by atoms with van der Waals surface area (Å²) in [5, 5.41) is 25.5. The number of aliphatic hydroxyl groups is 2. The van der Waals surface area contributed by atoms with E-state index in [-0.39, 0.29) is 79.5 Å². The molecule has 0 bridgehead atoms. The van der Waals surface area contributed by atoms with Crippen molar-refractivity contribution in [3.05, 3.63) is 71.8 Å². The average molecular weight is 806 g/mol. The van der Waals surface area contributed by atoms with E-state index in [1.54, 1.807) is 0 Å². The molecule has 1 amide bonds. The molecule has 314 valence electrons. The fourth-order valence-corrected chi connectivity index (χ4v) is 14.3. The molecule has 0 spiro atoms. The fraction of sp³-hybridized carbons (Fsp3) is 0.681. The van der Waals surface area contributed by atoms with Gasteiger partial charge in [0.05, 0.1) is 24.7 Å². The second-order valence-electron chi connectivity index (χ2n) is 18.8. The van der Waals surface area contributed by atoms with E-state index < -0.39 is 19.3 Å². The van der Waals surface area contributed by atoms with E-state index in [9.17, 15) is 29.2 Å². The highest BCUT2D eigenvalue weighted by Gasteiger charge is 2.63. The Labute approximate surface area is 340 Å². The summed E-state index contributed by atoms with van der Waals surface area (Å²) in [7, 11) is -3.55. The number of hydrogen-bond acceptors (Lipinski definition) is 8. The van der Waals surface area contributed by atoms with Crippen molar-refractivity contribution < 1.29 is 38.4 Å². The van der Waals surface area contributed by atoms with Crippen LogP contribution in [0.1, 0.15) is 116 Å². The number of aliphatic hydroxyl groups excluding tert-OH is 2. The minimum atomic E-state index is -3.55. The Morgan fingerprint density at radius 1 is 0.860 bits per heavy atom. The van der Waals surface area contributed by atoms with Crippen molar-refractivity contribution in [2.45, 2.75) is 130 Å². The van der Waals surface area contributed by atoms with Gasteiger partial charge < -0.3 is 29.6 Å². The zero-order chi connectivity index (χ0) is 40.8. The lowest BCUT2D eigenvalue weighted by molar-refractivity contribution is -0.174. The molecule has 5 unspecified atom stereocenters. The smallest absolute Gasteiger partial charge is 0.309 e. The van der Waals surface area contributed by atoms with Crippen LogP contribution >= 0.6 is 7.37 Å². The van der Waals surface area contributed by atoms with Gasteiger partial charge in [0.25, 0.3) is 0 Å². The lowest BCUT2D eigenvalue weighted by Crippen LogP contribution is -2.58. The molecule has 4 aliphatic carbocycles. The molecule has 12 atom stereocenters. The predicted octanol–water partition coefficient (Wildman–Crippen LogP) is 8.73. The number of fused-ring (bicyclic) bond motifs is 5. The summed E-state index contributed by atoms with van der Waals surface area (Å²) in [6.45, 7) is 9.17. The SMILES string of the molecule is CC(=O)CCC(CP(=O)(CCC(=O)NCC[C@@H](C)[C@H]1CCC2C3CC[C@@H]4C[C@H](O)CC[C@]4(C)C3C[C@H](O)[C@@]21C)OCc1ccccc1)C(=O)OCc1ccccc1. The zero-order valence-electron chi connectivity index (χ0n) is 34.8. The van der Waals surface area contributed by atoms with Gasteiger partial charge in [0.2, 0.25) is 13.3 Å². The topological polar surface area (TPSA) is 139 Å². The van der Waals surface area contributed by atoms with Gasteiger partial charge in [-0.1, -0.05) is 81.4 Å². The highest BCUT2D eigenvalue weighted by Crippen LogP contribution is 2.68. The Bertz CT molecular complexity index is 1710. The van der Waals surface area contributed by atoms with Crippen molar-refractivity contribution in [2.75, 3.05) is 18.9 Å². The molecular formula is C47H68NO8P. The van der Waals surface area contributed by atoms with Crippen molar-refractivity contribution in [1.29, 1.82) is 0 Å². The quantitative estimate of drug-likeness (QED) is 0.100. The molecule has 9 nitrogen and oxygen atoms in total. The summed E-state index contributed by atoms with van der Waals surface area (Å²) in [5.74, 6) is 1.24. The second kappa shape index (κ2) is 19.0. The normalized spacial score (nSPS) is 32.8. The van der Waals surface area contributed by atoms with Crippen LogP contribution in [0.4, 0.5) is 0 Å². The molecule has 0 radical (unpaired) electrons. The van der Waals surface area contributed by atoms with Crippen LogP contribution in [0.5, 0.6) is 0 Å². The third-order valence-corrected chi connectivity index (χ3v) is 17.8. The van der Waals surface area contributed by atoms with E-state index in [4.69, 9.17) is 9.26 Å². The third-order valence-electron chi connectivity index (χ3n) is 15.3. The van der Waals surface area contributed by atoms with E-state index in [2.05, 4.69) is 26.1 Å².